The van der Waals surface area contributed by atoms with E-state index in [4.69, 9.17) is 23.2 Å². The average molecular weight is 273 g/mol. The van der Waals surface area contributed by atoms with Gasteiger partial charge in [-0.05, 0) is 18.5 Å². The summed E-state index contributed by atoms with van der Waals surface area (Å²) in [6, 6.07) is 0. The predicted molar refractivity (Wildman–Crippen MR) is 65.1 cm³/mol. The normalized spacial score (nSPS) is 10.6. The molecule has 2 heterocycles. The van der Waals surface area contributed by atoms with Crippen LogP contribution in [0.25, 0.3) is 0 Å². The van der Waals surface area contributed by atoms with Gasteiger partial charge in [0.25, 0.3) is 0 Å². The molecule has 0 aliphatic rings. The number of halogens is 2. The van der Waals surface area contributed by atoms with Gasteiger partial charge in [-0.15, -0.1) is 10.2 Å². The minimum Gasteiger partial charge on any atom is -0.363 e. The van der Waals surface area contributed by atoms with Gasteiger partial charge in [0.15, 0.2) is 11.0 Å². The molecular formula is C9H10Cl2N6. The van der Waals surface area contributed by atoms with Crippen molar-refractivity contribution in [1.29, 1.82) is 0 Å². The minimum absolute atomic E-state index is 0.0554. The Morgan fingerprint density at radius 1 is 1.35 bits per heavy atom. The summed E-state index contributed by atoms with van der Waals surface area (Å²) in [6.45, 7) is 2.48. The molecule has 0 radical (unpaired) electrons. The molecule has 6 nitrogen and oxygen atoms in total. The van der Waals surface area contributed by atoms with Gasteiger partial charge >= 0.3 is 0 Å². The molecule has 0 amide bonds. The number of aromatic nitrogens is 5. The number of aryl methyl sites for hydroxylation is 2. The first-order valence-electron chi connectivity index (χ1n) is 4.85. The summed E-state index contributed by atoms with van der Waals surface area (Å²) >= 11 is 11.5. The van der Waals surface area contributed by atoms with Crippen LogP contribution in [0, 0.1) is 6.92 Å². The molecule has 0 saturated heterocycles. The van der Waals surface area contributed by atoms with Crippen LogP contribution in [0.2, 0.25) is 10.4 Å². The topological polar surface area (TPSA) is 68.5 Å². The van der Waals surface area contributed by atoms with Crippen molar-refractivity contribution in [1.82, 2.24) is 25.0 Å². The van der Waals surface area contributed by atoms with Crippen LogP contribution in [-0.4, -0.2) is 25.0 Å². The van der Waals surface area contributed by atoms with Crippen molar-refractivity contribution >= 4 is 29.0 Å². The van der Waals surface area contributed by atoms with Crippen molar-refractivity contribution < 1.29 is 0 Å². The zero-order chi connectivity index (χ0) is 12.4. The Morgan fingerprint density at radius 3 is 2.76 bits per heavy atom. The highest BCUT2D eigenvalue weighted by molar-refractivity contribution is 6.32. The lowest BCUT2D eigenvalue weighted by Crippen LogP contribution is -2.04. The van der Waals surface area contributed by atoms with Crippen LogP contribution >= 0.6 is 23.2 Å². The van der Waals surface area contributed by atoms with Crippen molar-refractivity contribution in [2.45, 2.75) is 13.5 Å². The quantitative estimate of drug-likeness (QED) is 0.924. The van der Waals surface area contributed by atoms with E-state index in [2.05, 4.69) is 25.6 Å². The fourth-order valence-corrected chi connectivity index (χ4v) is 1.68. The van der Waals surface area contributed by atoms with Gasteiger partial charge in [-0.1, -0.05) is 11.6 Å². The Morgan fingerprint density at radius 2 is 2.12 bits per heavy atom. The Balaban J connectivity index is 2.12. The zero-order valence-electron chi connectivity index (χ0n) is 9.28. The van der Waals surface area contributed by atoms with Crippen LogP contribution in [0.4, 0.5) is 5.82 Å². The summed E-state index contributed by atoms with van der Waals surface area (Å²) in [6.07, 6.45) is 1.92. The van der Waals surface area contributed by atoms with Crippen LogP contribution in [-0.2, 0) is 13.6 Å². The van der Waals surface area contributed by atoms with Gasteiger partial charge in [0, 0.05) is 25.4 Å². The van der Waals surface area contributed by atoms with E-state index >= 15 is 0 Å². The summed E-state index contributed by atoms with van der Waals surface area (Å²) in [5.74, 6) is 0.412. The smallest absolute Gasteiger partial charge is 0.245 e. The molecule has 0 aliphatic heterocycles. The lowest BCUT2D eigenvalue weighted by atomic mass is 10.2. The molecule has 8 heteroatoms. The lowest BCUT2D eigenvalue weighted by Gasteiger charge is -2.05. The summed E-state index contributed by atoms with van der Waals surface area (Å²) in [5.41, 5.74) is 2.00. The Hall–Kier alpha value is -1.40. The van der Waals surface area contributed by atoms with Gasteiger partial charge in [-0.2, -0.15) is 10.1 Å². The molecule has 0 bridgehead atoms. The maximum Gasteiger partial charge on any atom is 0.245 e. The zero-order valence-corrected chi connectivity index (χ0v) is 10.8. The Labute approximate surface area is 108 Å². The molecule has 0 unspecified atom stereocenters. The van der Waals surface area contributed by atoms with E-state index in [1.165, 1.54) is 0 Å². The maximum absolute atomic E-state index is 5.83. The highest BCUT2D eigenvalue weighted by Crippen LogP contribution is 2.17. The summed E-state index contributed by atoms with van der Waals surface area (Å²) < 4.78 is 1.75. The molecule has 0 aromatic carbocycles. The van der Waals surface area contributed by atoms with E-state index in [1.807, 2.05) is 20.2 Å². The third-order valence-electron chi connectivity index (χ3n) is 2.18. The lowest BCUT2D eigenvalue weighted by molar-refractivity contribution is 0.756. The van der Waals surface area contributed by atoms with Gasteiger partial charge in [-0.25, -0.2) is 0 Å². The Bertz CT molecular complexity index is 538. The van der Waals surface area contributed by atoms with Crippen LogP contribution in [0.3, 0.4) is 0 Å². The fourth-order valence-electron chi connectivity index (χ4n) is 1.41. The first-order chi connectivity index (χ1) is 8.06. The van der Waals surface area contributed by atoms with Crippen LogP contribution < -0.4 is 5.32 Å². The minimum atomic E-state index is 0.0554. The summed E-state index contributed by atoms with van der Waals surface area (Å²) in [7, 11) is 1.87. The van der Waals surface area contributed by atoms with Gasteiger partial charge < -0.3 is 5.32 Å². The molecule has 0 aliphatic carbocycles. The first kappa shape index (κ1) is 12.1. The SMILES string of the molecule is Cc1nn(C)cc1CNc1nc(Cl)nnc1Cl. The molecule has 0 atom stereocenters. The number of hydrogen-bond donors (Lipinski definition) is 1. The molecule has 17 heavy (non-hydrogen) atoms. The van der Waals surface area contributed by atoms with E-state index in [9.17, 15) is 0 Å². The second kappa shape index (κ2) is 4.85. The van der Waals surface area contributed by atoms with Gasteiger partial charge in [0.05, 0.1) is 5.69 Å². The number of rotatable bonds is 3. The van der Waals surface area contributed by atoms with Crippen molar-refractivity contribution in [2.24, 2.45) is 7.05 Å². The largest absolute Gasteiger partial charge is 0.363 e. The van der Waals surface area contributed by atoms with Gasteiger partial charge in [0.2, 0.25) is 5.28 Å². The Kier molecular flexibility index (Phi) is 3.44. The van der Waals surface area contributed by atoms with Crippen molar-refractivity contribution in [3.63, 3.8) is 0 Å². The molecule has 90 valence electrons. The average Bonchev–Trinajstić information content (AvgIpc) is 2.59. The molecule has 0 saturated carbocycles. The van der Waals surface area contributed by atoms with Crippen LogP contribution in [0.5, 0.6) is 0 Å². The highest BCUT2D eigenvalue weighted by atomic mass is 35.5. The molecule has 0 spiro atoms. The van der Waals surface area contributed by atoms with E-state index in [0.29, 0.717) is 12.4 Å². The second-order valence-electron chi connectivity index (χ2n) is 3.49. The number of hydrogen-bond acceptors (Lipinski definition) is 5. The number of nitrogens with one attached hydrogen (secondary N) is 1. The molecule has 2 aromatic heterocycles. The number of nitrogens with zero attached hydrogens (tertiary/aromatic N) is 5. The van der Waals surface area contributed by atoms with Gasteiger partial charge in [0.1, 0.15) is 0 Å². The van der Waals surface area contributed by atoms with Crippen LogP contribution in [0.1, 0.15) is 11.3 Å². The van der Waals surface area contributed by atoms with Crippen molar-refractivity contribution in [2.75, 3.05) is 5.32 Å². The predicted octanol–water partition coefficient (Wildman–Crippen LogP) is 1.83. The number of anilines is 1. The molecule has 1 N–H and O–H groups in total. The van der Waals surface area contributed by atoms with E-state index < -0.39 is 0 Å². The fraction of sp³-hybridized carbons (Fsp3) is 0.333. The molecule has 0 fully saturated rings. The second-order valence-corrected chi connectivity index (χ2v) is 4.18. The van der Waals surface area contributed by atoms with Crippen LogP contribution in [0.15, 0.2) is 6.20 Å². The summed E-state index contributed by atoms with van der Waals surface area (Å²) in [5, 5.41) is 14.7. The standard InChI is InChI=1S/C9H10Cl2N6/c1-5-6(4-17(2)16-5)3-12-8-7(10)14-15-9(11)13-8/h4H,3H2,1-2H3,(H,12,13,15). The monoisotopic (exact) mass is 272 g/mol. The van der Waals surface area contributed by atoms with Crippen molar-refractivity contribution in [3.8, 4) is 0 Å². The first-order valence-corrected chi connectivity index (χ1v) is 5.60. The van der Waals surface area contributed by atoms with E-state index in [0.717, 1.165) is 11.3 Å². The molecule has 2 aromatic rings. The molecular weight excluding hydrogens is 263 g/mol. The van der Waals surface area contributed by atoms with Gasteiger partial charge in [-0.3, -0.25) is 4.68 Å². The molecule has 2 rings (SSSR count). The van der Waals surface area contributed by atoms with Crippen molar-refractivity contribution in [3.05, 3.63) is 27.9 Å². The summed E-state index contributed by atoms with van der Waals surface area (Å²) in [4.78, 5) is 3.95. The highest BCUT2D eigenvalue weighted by Gasteiger charge is 2.07. The maximum atomic E-state index is 5.83. The van der Waals surface area contributed by atoms with E-state index in [1.54, 1.807) is 4.68 Å². The third kappa shape index (κ3) is 2.83. The third-order valence-corrected chi connectivity index (χ3v) is 2.60. The van der Waals surface area contributed by atoms with E-state index in [-0.39, 0.29) is 10.4 Å².